The molecule has 0 radical (unpaired) electrons. The Bertz CT molecular complexity index is 381. The number of halogens is 1. The van der Waals surface area contributed by atoms with E-state index >= 15 is 0 Å². The van der Waals surface area contributed by atoms with Crippen LogP contribution >= 0.6 is 15.9 Å². The van der Waals surface area contributed by atoms with Crippen LogP contribution in [-0.4, -0.2) is 16.4 Å². The van der Waals surface area contributed by atoms with Crippen LogP contribution < -0.4 is 0 Å². The van der Waals surface area contributed by atoms with Gasteiger partial charge in [0, 0.05) is 12.0 Å². The molecule has 0 amide bonds. The maximum absolute atomic E-state index is 11.4. The van der Waals surface area contributed by atoms with E-state index in [0.717, 1.165) is 5.56 Å². The Kier molecular flexibility index (Phi) is 4.87. The van der Waals surface area contributed by atoms with Crippen molar-refractivity contribution in [2.75, 3.05) is 0 Å². The first-order valence-corrected chi connectivity index (χ1v) is 6.22. The number of carbonyl (C=O) groups excluding carboxylic acids is 2. The van der Waals surface area contributed by atoms with Crippen molar-refractivity contribution in [2.45, 2.75) is 31.5 Å². The van der Waals surface area contributed by atoms with E-state index in [1.807, 2.05) is 19.1 Å². The molecule has 0 N–H and O–H groups in total. The maximum atomic E-state index is 11.4. The number of ketones is 2. The lowest BCUT2D eigenvalue weighted by Crippen LogP contribution is -2.15. The zero-order valence-electron chi connectivity index (χ0n) is 9.50. The van der Waals surface area contributed by atoms with E-state index in [-0.39, 0.29) is 16.4 Å². The van der Waals surface area contributed by atoms with Crippen LogP contribution in [0.3, 0.4) is 0 Å². The molecule has 0 fully saturated rings. The van der Waals surface area contributed by atoms with Crippen molar-refractivity contribution in [1.29, 1.82) is 0 Å². The van der Waals surface area contributed by atoms with Crippen LogP contribution in [0, 0.1) is 0 Å². The van der Waals surface area contributed by atoms with E-state index in [9.17, 15) is 9.59 Å². The molecule has 0 aromatic heterocycles. The molecule has 0 spiro atoms. The van der Waals surface area contributed by atoms with E-state index < -0.39 is 0 Å². The second-order valence-electron chi connectivity index (χ2n) is 3.74. The van der Waals surface area contributed by atoms with Crippen molar-refractivity contribution in [3.63, 3.8) is 0 Å². The van der Waals surface area contributed by atoms with E-state index in [0.29, 0.717) is 18.4 Å². The fraction of sp³-hybridized carbons (Fsp3) is 0.385. The molecule has 0 aliphatic rings. The summed E-state index contributed by atoms with van der Waals surface area (Å²) < 4.78 is 0. The number of Topliss-reactive ketones (excluding diaryl/α,β-unsaturated/α-hetero) is 2. The Morgan fingerprint density at radius 2 is 1.81 bits per heavy atom. The molecular weight excluding hydrogens is 268 g/mol. The lowest BCUT2D eigenvalue weighted by molar-refractivity contribution is -0.118. The van der Waals surface area contributed by atoms with E-state index in [1.54, 1.807) is 19.1 Å². The molecule has 0 saturated carbocycles. The van der Waals surface area contributed by atoms with Crippen molar-refractivity contribution in [2.24, 2.45) is 0 Å². The average molecular weight is 283 g/mol. The monoisotopic (exact) mass is 282 g/mol. The summed E-state index contributed by atoms with van der Waals surface area (Å²) >= 11 is 3.37. The van der Waals surface area contributed by atoms with Gasteiger partial charge in [0.05, 0.1) is 4.83 Å². The van der Waals surface area contributed by atoms with Crippen LogP contribution in [0.2, 0.25) is 0 Å². The molecule has 0 aliphatic carbocycles. The minimum absolute atomic E-state index is 0.0616. The molecule has 3 heteroatoms. The number of alkyl halides is 1. The van der Waals surface area contributed by atoms with Gasteiger partial charge in [-0.15, -0.1) is 0 Å². The molecule has 1 aromatic carbocycles. The van der Waals surface area contributed by atoms with E-state index in [1.165, 1.54) is 0 Å². The highest BCUT2D eigenvalue weighted by Gasteiger charge is 2.13. The van der Waals surface area contributed by atoms with Gasteiger partial charge in [-0.3, -0.25) is 9.59 Å². The largest absolute Gasteiger partial charge is 0.298 e. The van der Waals surface area contributed by atoms with Crippen molar-refractivity contribution >= 4 is 27.5 Å². The van der Waals surface area contributed by atoms with Gasteiger partial charge in [0.2, 0.25) is 0 Å². The van der Waals surface area contributed by atoms with E-state index in [2.05, 4.69) is 15.9 Å². The fourth-order valence-corrected chi connectivity index (χ4v) is 2.12. The minimum Gasteiger partial charge on any atom is -0.298 e. The smallest absolute Gasteiger partial charge is 0.159 e. The summed E-state index contributed by atoms with van der Waals surface area (Å²) in [5, 5.41) is 0. The molecule has 1 unspecified atom stereocenters. The first-order valence-electron chi connectivity index (χ1n) is 5.31. The van der Waals surface area contributed by atoms with Crippen LogP contribution in [0.1, 0.15) is 36.2 Å². The highest BCUT2D eigenvalue weighted by molar-refractivity contribution is 9.10. The average Bonchev–Trinajstić information content (AvgIpc) is 2.28. The molecule has 0 saturated heterocycles. The van der Waals surface area contributed by atoms with Crippen molar-refractivity contribution in [3.8, 4) is 0 Å². The van der Waals surface area contributed by atoms with Crippen LogP contribution in [-0.2, 0) is 11.2 Å². The van der Waals surface area contributed by atoms with Gasteiger partial charge in [0.1, 0.15) is 5.78 Å². The predicted octanol–water partition coefficient (Wildman–Crippen LogP) is 3.17. The van der Waals surface area contributed by atoms with Gasteiger partial charge in [0.25, 0.3) is 0 Å². The standard InChI is InChI=1S/C13H15BrO2/c1-3-13(16)12(14)8-10-4-6-11(7-5-10)9(2)15/h4-7,12H,3,8H2,1-2H3. The Labute approximate surface area is 104 Å². The molecule has 1 rings (SSSR count). The second kappa shape index (κ2) is 5.94. The highest BCUT2D eigenvalue weighted by Crippen LogP contribution is 2.13. The SMILES string of the molecule is CCC(=O)C(Br)Cc1ccc(C(C)=O)cc1. The van der Waals surface area contributed by atoms with Gasteiger partial charge in [-0.05, 0) is 18.9 Å². The Hall–Kier alpha value is -0.960. The molecule has 16 heavy (non-hydrogen) atoms. The molecule has 0 aliphatic heterocycles. The zero-order chi connectivity index (χ0) is 12.1. The summed E-state index contributed by atoms with van der Waals surface area (Å²) in [7, 11) is 0. The molecule has 0 bridgehead atoms. The van der Waals surface area contributed by atoms with Crippen LogP contribution in [0.4, 0.5) is 0 Å². The third kappa shape index (κ3) is 3.56. The summed E-state index contributed by atoms with van der Waals surface area (Å²) in [5.74, 6) is 0.266. The molecule has 2 nitrogen and oxygen atoms in total. The molecule has 1 aromatic rings. The van der Waals surface area contributed by atoms with Gasteiger partial charge in [-0.1, -0.05) is 47.1 Å². The maximum Gasteiger partial charge on any atom is 0.159 e. The number of benzene rings is 1. The zero-order valence-corrected chi connectivity index (χ0v) is 11.1. The van der Waals surface area contributed by atoms with E-state index in [4.69, 9.17) is 0 Å². The topological polar surface area (TPSA) is 34.1 Å². The number of hydrogen-bond donors (Lipinski definition) is 0. The summed E-state index contributed by atoms with van der Waals surface area (Å²) in [4.78, 5) is 22.3. The van der Waals surface area contributed by atoms with Crippen LogP contribution in [0.25, 0.3) is 0 Å². The lowest BCUT2D eigenvalue weighted by Gasteiger charge is -2.07. The normalized spacial score (nSPS) is 12.2. The highest BCUT2D eigenvalue weighted by atomic mass is 79.9. The van der Waals surface area contributed by atoms with Gasteiger partial charge in [-0.25, -0.2) is 0 Å². The first-order chi connectivity index (χ1) is 7.54. The molecule has 86 valence electrons. The number of rotatable bonds is 5. The first kappa shape index (κ1) is 13.1. The molecule has 1 atom stereocenters. The molecule has 0 heterocycles. The van der Waals surface area contributed by atoms with Crippen molar-refractivity contribution in [1.82, 2.24) is 0 Å². The third-order valence-electron chi connectivity index (χ3n) is 2.47. The van der Waals surface area contributed by atoms with Crippen molar-refractivity contribution in [3.05, 3.63) is 35.4 Å². The summed E-state index contributed by atoms with van der Waals surface area (Å²) in [6.45, 7) is 3.40. The van der Waals surface area contributed by atoms with Gasteiger partial charge >= 0.3 is 0 Å². The second-order valence-corrected chi connectivity index (χ2v) is 4.85. The quantitative estimate of drug-likeness (QED) is 0.614. The molecular formula is C13H15BrO2. The minimum atomic E-state index is -0.124. The predicted molar refractivity (Wildman–Crippen MR) is 68.2 cm³/mol. The van der Waals surface area contributed by atoms with Gasteiger partial charge in [0.15, 0.2) is 5.78 Å². The Balaban J connectivity index is 2.68. The van der Waals surface area contributed by atoms with Crippen LogP contribution in [0.15, 0.2) is 24.3 Å². The summed E-state index contributed by atoms with van der Waals surface area (Å²) in [6, 6.07) is 7.39. The Morgan fingerprint density at radius 1 is 1.25 bits per heavy atom. The van der Waals surface area contributed by atoms with Crippen molar-refractivity contribution < 1.29 is 9.59 Å². The van der Waals surface area contributed by atoms with Crippen LogP contribution in [0.5, 0.6) is 0 Å². The number of hydrogen-bond acceptors (Lipinski definition) is 2. The Morgan fingerprint density at radius 3 is 2.25 bits per heavy atom. The fourth-order valence-electron chi connectivity index (χ4n) is 1.42. The summed E-state index contributed by atoms with van der Waals surface area (Å²) in [6.07, 6.45) is 1.21. The summed E-state index contributed by atoms with van der Waals surface area (Å²) in [5.41, 5.74) is 1.77. The van der Waals surface area contributed by atoms with Gasteiger partial charge < -0.3 is 0 Å². The number of carbonyl (C=O) groups is 2. The lowest BCUT2D eigenvalue weighted by atomic mass is 10.0. The van der Waals surface area contributed by atoms with Gasteiger partial charge in [-0.2, -0.15) is 0 Å². The third-order valence-corrected chi connectivity index (χ3v) is 3.31.